The number of hydrogen-bond acceptors (Lipinski definition) is 8. The Kier molecular flexibility index (Phi) is 9.65. The van der Waals surface area contributed by atoms with Crippen molar-refractivity contribution >= 4 is 35.6 Å². The fraction of sp³-hybridized carbons (Fsp3) is 0.500. The van der Waals surface area contributed by atoms with Crippen LogP contribution in [0.1, 0.15) is 76.2 Å². The van der Waals surface area contributed by atoms with E-state index in [1.165, 1.54) is 5.56 Å². The van der Waals surface area contributed by atoms with Gasteiger partial charge in [-0.2, -0.15) is 0 Å². The average molecular weight is 595 g/mol. The van der Waals surface area contributed by atoms with Gasteiger partial charge in [-0.1, -0.05) is 75.6 Å². The Morgan fingerprint density at radius 2 is 1.86 bits per heavy atom. The first kappa shape index (κ1) is 30.6. The summed E-state index contributed by atoms with van der Waals surface area (Å²) in [4.78, 5) is 9.54. The van der Waals surface area contributed by atoms with Crippen molar-refractivity contribution in [3.63, 3.8) is 0 Å². The Balaban J connectivity index is 1.48. The number of rotatable bonds is 13. The molecule has 10 heteroatoms. The first-order chi connectivity index (χ1) is 20.3. The lowest BCUT2D eigenvalue weighted by atomic mass is 9.94. The van der Waals surface area contributed by atoms with Gasteiger partial charge < -0.3 is 15.0 Å². The number of hydrogen-bond donors (Lipinski definition) is 1. The van der Waals surface area contributed by atoms with E-state index < -0.39 is 13.4 Å². The largest absolute Gasteiger partial charge is 0.474 e. The summed E-state index contributed by atoms with van der Waals surface area (Å²) in [6.07, 6.45) is 4.78. The highest BCUT2D eigenvalue weighted by molar-refractivity contribution is 7.48. The molecule has 2 N–H and O–H groups in total. The Morgan fingerprint density at radius 1 is 1.07 bits per heavy atom. The van der Waals surface area contributed by atoms with Crippen molar-refractivity contribution < 1.29 is 22.9 Å². The molecule has 0 saturated carbocycles. The highest BCUT2D eigenvalue weighted by Crippen LogP contribution is 2.55. The van der Waals surface area contributed by atoms with Gasteiger partial charge in [0.2, 0.25) is 0 Å². The predicted molar refractivity (Wildman–Crippen MR) is 167 cm³/mol. The zero-order valence-corrected chi connectivity index (χ0v) is 26.1. The predicted octanol–water partition coefficient (Wildman–Crippen LogP) is 7.52. The maximum atomic E-state index is 13.7. The van der Waals surface area contributed by atoms with Crippen LogP contribution in [-0.2, 0) is 41.4 Å². The molecule has 3 heterocycles. The van der Waals surface area contributed by atoms with Gasteiger partial charge in [-0.15, -0.1) is 0 Å². The van der Waals surface area contributed by atoms with Crippen molar-refractivity contribution in [1.29, 1.82) is 0 Å². The van der Waals surface area contributed by atoms with Gasteiger partial charge in [0.05, 0.1) is 36.4 Å². The molecule has 0 aliphatic carbocycles. The quantitative estimate of drug-likeness (QED) is 0.125. The smallest absolute Gasteiger partial charge is 0.382 e. The van der Waals surface area contributed by atoms with Crippen LogP contribution < -0.4 is 5.73 Å². The number of imidazole rings is 1. The number of aryl methyl sites for hydroxylation is 1. The van der Waals surface area contributed by atoms with E-state index in [0.29, 0.717) is 24.5 Å². The number of nitrogens with two attached hydrogens (primary N) is 1. The molecular weight excluding hydrogens is 551 g/mol. The van der Waals surface area contributed by atoms with E-state index in [1.807, 2.05) is 37.3 Å². The fourth-order valence-electron chi connectivity index (χ4n) is 5.72. The number of phosphoric ester groups is 1. The fourth-order valence-corrected chi connectivity index (χ4v) is 7.11. The summed E-state index contributed by atoms with van der Waals surface area (Å²) in [5, 5.41) is 0.938. The normalized spacial score (nSPS) is 20.7. The third-order valence-electron chi connectivity index (χ3n) is 8.12. The van der Waals surface area contributed by atoms with Gasteiger partial charge >= 0.3 is 7.82 Å². The maximum absolute atomic E-state index is 13.7. The molecule has 226 valence electrons. The van der Waals surface area contributed by atoms with Crippen LogP contribution in [0.5, 0.6) is 0 Å². The molecular formula is C32H43N4O5P. The standard InChI is InChI=1S/C32H43N4O5P/c1-5-8-11-17-32(4,22-41-42(37)39-19-25(20-40-42)24-14-12-13-23(6-2)18-24)36-28(21-38-7-3)35-29-30(36)26-15-9-10-16-27(26)34-31(29)33/h9-10,12-16,18,25H,5-8,11,17,19-22H2,1-4H3,(H2,33,34). The van der Waals surface area contributed by atoms with E-state index in [1.54, 1.807) is 0 Å². The van der Waals surface area contributed by atoms with Crippen molar-refractivity contribution in [1.82, 2.24) is 14.5 Å². The number of unbranched alkanes of at least 4 members (excludes halogenated alkanes) is 2. The molecule has 0 bridgehead atoms. The van der Waals surface area contributed by atoms with Crippen LogP contribution in [-0.4, -0.2) is 41.0 Å². The lowest BCUT2D eigenvalue weighted by Crippen LogP contribution is -2.37. The summed E-state index contributed by atoms with van der Waals surface area (Å²) >= 11 is 0. The first-order valence-corrected chi connectivity index (χ1v) is 16.5. The van der Waals surface area contributed by atoms with Crippen LogP contribution in [0.15, 0.2) is 48.5 Å². The zero-order chi connectivity index (χ0) is 29.7. The van der Waals surface area contributed by atoms with Gasteiger partial charge in [-0.25, -0.2) is 14.5 Å². The number of anilines is 1. The van der Waals surface area contributed by atoms with E-state index in [9.17, 15) is 4.57 Å². The Morgan fingerprint density at radius 3 is 2.60 bits per heavy atom. The van der Waals surface area contributed by atoms with Gasteiger partial charge in [0.25, 0.3) is 0 Å². The molecule has 2 aromatic carbocycles. The number of nitrogen functional groups attached to an aromatic ring is 1. The third-order valence-corrected chi connectivity index (χ3v) is 9.49. The second kappa shape index (κ2) is 13.2. The topological polar surface area (TPSA) is 111 Å². The minimum absolute atomic E-state index is 0.00431. The van der Waals surface area contributed by atoms with Crippen molar-refractivity contribution in [2.75, 3.05) is 32.2 Å². The van der Waals surface area contributed by atoms with Crippen LogP contribution in [0.3, 0.4) is 0 Å². The SMILES string of the molecule is CCCCCC(C)(COP1(=O)OCC(c2cccc(CC)c2)CO1)n1c(COCC)nc2c(N)nc3ccccc3c21. The molecule has 42 heavy (non-hydrogen) atoms. The molecule has 1 unspecified atom stereocenters. The van der Waals surface area contributed by atoms with Crippen LogP contribution in [0, 0.1) is 0 Å². The maximum Gasteiger partial charge on any atom is 0.474 e. The summed E-state index contributed by atoms with van der Waals surface area (Å²) < 4.78 is 39.6. The van der Waals surface area contributed by atoms with E-state index in [2.05, 4.69) is 48.5 Å². The molecule has 1 atom stereocenters. The van der Waals surface area contributed by atoms with Crippen molar-refractivity contribution in [3.05, 3.63) is 65.5 Å². The van der Waals surface area contributed by atoms with Crippen LogP contribution >= 0.6 is 7.82 Å². The Labute approximate surface area is 248 Å². The van der Waals surface area contributed by atoms with E-state index in [0.717, 1.165) is 59.9 Å². The van der Waals surface area contributed by atoms with Gasteiger partial charge in [0, 0.05) is 17.9 Å². The van der Waals surface area contributed by atoms with E-state index in [-0.39, 0.29) is 25.7 Å². The first-order valence-electron chi connectivity index (χ1n) is 15.1. The molecule has 5 rings (SSSR count). The van der Waals surface area contributed by atoms with Crippen molar-refractivity contribution in [2.45, 2.75) is 77.9 Å². The number of fused-ring (bicyclic) bond motifs is 3. The zero-order valence-electron chi connectivity index (χ0n) is 25.2. The summed E-state index contributed by atoms with van der Waals surface area (Å²) in [5.74, 6) is 1.08. The van der Waals surface area contributed by atoms with Crippen LogP contribution in [0.2, 0.25) is 0 Å². The van der Waals surface area contributed by atoms with Crippen molar-refractivity contribution in [3.8, 4) is 0 Å². The minimum Gasteiger partial charge on any atom is -0.382 e. The molecule has 1 saturated heterocycles. The lowest BCUT2D eigenvalue weighted by Gasteiger charge is -2.36. The molecule has 9 nitrogen and oxygen atoms in total. The Bertz CT molecular complexity index is 1560. The van der Waals surface area contributed by atoms with Crippen LogP contribution in [0.4, 0.5) is 5.82 Å². The second-order valence-corrected chi connectivity index (χ2v) is 12.9. The molecule has 0 spiro atoms. The molecule has 0 radical (unpaired) electrons. The highest BCUT2D eigenvalue weighted by Gasteiger charge is 2.40. The number of aromatic nitrogens is 3. The number of benzene rings is 2. The second-order valence-electron chi connectivity index (χ2n) is 11.3. The number of nitrogens with zero attached hydrogens (tertiary/aromatic N) is 3. The van der Waals surface area contributed by atoms with Crippen molar-refractivity contribution in [2.24, 2.45) is 0 Å². The Hall–Kier alpha value is -2.81. The van der Waals surface area contributed by atoms with Crippen LogP contribution in [0.25, 0.3) is 21.9 Å². The average Bonchev–Trinajstić information content (AvgIpc) is 3.41. The number of ether oxygens (including phenoxy) is 1. The van der Waals surface area contributed by atoms with Gasteiger partial charge in [0.15, 0.2) is 5.82 Å². The molecule has 1 aliphatic heterocycles. The summed E-state index contributed by atoms with van der Waals surface area (Å²) in [7, 11) is -3.78. The highest BCUT2D eigenvalue weighted by atomic mass is 31.2. The molecule has 1 fully saturated rings. The molecule has 2 aromatic heterocycles. The minimum atomic E-state index is -3.78. The number of para-hydroxylation sites is 1. The molecule has 0 amide bonds. The van der Waals surface area contributed by atoms with E-state index >= 15 is 0 Å². The number of phosphoric acid groups is 1. The third kappa shape index (κ3) is 6.41. The lowest BCUT2D eigenvalue weighted by molar-refractivity contribution is 0.0370. The van der Waals surface area contributed by atoms with E-state index in [4.69, 9.17) is 29.0 Å². The number of pyridine rings is 1. The summed E-state index contributed by atoms with van der Waals surface area (Å²) in [5.41, 5.74) is 10.4. The van der Waals surface area contributed by atoms with Gasteiger partial charge in [-0.3, -0.25) is 13.6 Å². The van der Waals surface area contributed by atoms with Gasteiger partial charge in [0.1, 0.15) is 17.9 Å². The molecule has 4 aromatic rings. The summed E-state index contributed by atoms with van der Waals surface area (Å²) in [6, 6.07) is 16.3. The summed E-state index contributed by atoms with van der Waals surface area (Å²) in [6.45, 7) is 9.85. The monoisotopic (exact) mass is 594 g/mol. The molecule has 1 aliphatic rings. The van der Waals surface area contributed by atoms with Gasteiger partial charge in [-0.05, 0) is 43.9 Å².